The average Bonchev–Trinajstić information content (AvgIpc) is 3.36. The summed E-state index contributed by atoms with van der Waals surface area (Å²) in [6, 6.07) is 18.9. The molecule has 8 nitrogen and oxygen atoms in total. The summed E-state index contributed by atoms with van der Waals surface area (Å²) in [5.74, 6) is 0.0145. The SMILES string of the molecule is Cc1cc(C)cc(C(=O)N2CCN(C(=O)CCN3CCC(n4c(=O)[nH]c5ccccc54)CC3)C(c3ccc(Cl)c(Cl)c3)C2)c1. The standard InChI is InChI=1S/C34H37Cl2N5O3/c1-22-17-23(2)19-25(18-22)33(43)39-15-16-40(31(21-39)24-7-8-27(35)28(36)20-24)32(42)11-14-38-12-9-26(10-13-38)41-30-6-4-3-5-29(30)37-34(41)44/h3-8,17-20,26,31H,9-16,21H2,1-2H3,(H,37,44). The van der Waals surface area contributed by atoms with Gasteiger partial charge in [0, 0.05) is 57.3 Å². The van der Waals surface area contributed by atoms with Crippen molar-refractivity contribution in [2.24, 2.45) is 0 Å². The van der Waals surface area contributed by atoms with Crippen LogP contribution in [0.25, 0.3) is 11.0 Å². The van der Waals surface area contributed by atoms with Gasteiger partial charge in [0.1, 0.15) is 0 Å². The maximum atomic E-state index is 13.7. The van der Waals surface area contributed by atoms with Crippen molar-refractivity contribution < 1.29 is 9.59 Å². The summed E-state index contributed by atoms with van der Waals surface area (Å²) in [5.41, 5.74) is 5.33. The van der Waals surface area contributed by atoms with Gasteiger partial charge in [0.05, 0.1) is 27.1 Å². The first-order valence-electron chi connectivity index (χ1n) is 15.2. The molecule has 0 aliphatic carbocycles. The molecule has 3 heterocycles. The highest BCUT2D eigenvalue weighted by Gasteiger charge is 2.34. The van der Waals surface area contributed by atoms with E-state index in [1.807, 2.05) is 70.7 Å². The van der Waals surface area contributed by atoms with E-state index >= 15 is 0 Å². The second kappa shape index (κ2) is 12.8. The number of carbonyl (C=O) groups excluding carboxylic acids is 2. The molecule has 2 amide bonds. The van der Waals surface area contributed by atoms with E-state index in [4.69, 9.17) is 23.2 Å². The molecule has 0 bridgehead atoms. The van der Waals surface area contributed by atoms with E-state index in [1.54, 1.807) is 12.1 Å². The van der Waals surface area contributed by atoms with Crippen LogP contribution in [0.15, 0.2) is 65.5 Å². The summed E-state index contributed by atoms with van der Waals surface area (Å²) in [6.07, 6.45) is 2.07. The van der Waals surface area contributed by atoms with Crippen molar-refractivity contribution >= 4 is 46.0 Å². The molecule has 3 aromatic carbocycles. The van der Waals surface area contributed by atoms with E-state index in [2.05, 4.69) is 16.0 Å². The molecule has 0 saturated carbocycles. The molecule has 1 unspecified atom stereocenters. The lowest BCUT2D eigenvalue weighted by Crippen LogP contribution is -2.52. The summed E-state index contributed by atoms with van der Waals surface area (Å²) in [5, 5.41) is 0.872. The fourth-order valence-electron chi connectivity index (χ4n) is 6.79. The minimum absolute atomic E-state index is 0.0360. The normalized spacial score (nSPS) is 18.2. The predicted molar refractivity (Wildman–Crippen MR) is 175 cm³/mol. The number of imidazole rings is 1. The number of para-hydroxylation sites is 2. The second-order valence-electron chi connectivity index (χ2n) is 12.0. The molecule has 1 atom stereocenters. The third kappa shape index (κ3) is 6.29. The van der Waals surface area contributed by atoms with E-state index in [0.717, 1.165) is 53.7 Å². The van der Waals surface area contributed by atoms with Gasteiger partial charge in [-0.2, -0.15) is 0 Å². The fourth-order valence-corrected chi connectivity index (χ4v) is 7.09. The van der Waals surface area contributed by atoms with Crippen molar-refractivity contribution in [1.29, 1.82) is 0 Å². The highest BCUT2D eigenvalue weighted by atomic mass is 35.5. The number of hydrogen-bond acceptors (Lipinski definition) is 4. The zero-order valence-electron chi connectivity index (χ0n) is 25.1. The molecule has 6 rings (SSSR count). The van der Waals surface area contributed by atoms with Crippen molar-refractivity contribution in [3.05, 3.63) is 103 Å². The zero-order chi connectivity index (χ0) is 31.0. The number of carbonyl (C=O) groups is 2. The lowest BCUT2D eigenvalue weighted by atomic mass is 10.00. The van der Waals surface area contributed by atoms with Crippen LogP contribution in [0.2, 0.25) is 10.0 Å². The lowest BCUT2D eigenvalue weighted by molar-refractivity contribution is -0.136. The van der Waals surface area contributed by atoms with Crippen LogP contribution in [0.1, 0.15) is 58.4 Å². The Kier molecular flexibility index (Phi) is 8.85. The number of piperazine rings is 1. The van der Waals surface area contributed by atoms with Crippen molar-refractivity contribution in [2.75, 3.05) is 39.3 Å². The number of rotatable bonds is 6. The molecule has 44 heavy (non-hydrogen) atoms. The van der Waals surface area contributed by atoms with Crippen LogP contribution in [-0.2, 0) is 4.79 Å². The number of fused-ring (bicyclic) bond motifs is 1. The van der Waals surface area contributed by atoms with Crippen LogP contribution in [0, 0.1) is 13.8 Å². The van der Waals surface area contributed by atoms with Crippen molar-refractivity contribution in [1.82, 2.24) is 24.3 Å². The van der Waals surface area contributed by atoms with Crippen LogP contribution in [-0.4, -0.2) is 75.3 Å². The Balaban J connectivity index is 1.12. The number of hydrogen-bond donors (Lipinski definition) is 1. The number of aromatic amines is 1. The quantitative estimate of drug-likeness (QED) is 0.282. The highest BCUT2D eigenvalue weighted by Crippen LogP contribution is 2.32. The van der Waals surface area contributed by atoms with Gasteiger partial charge in [-0.15, -0.1) is 0 Å². The Morgan fingerprint density at radius 3 is 2.34 bits per heavy atom. The Morgan fingerprint density at radius 1 is 0.886 bits per heavy atom. The van der Waals surface area contributed by atoms with Crippen LogP contribution < -0.4 is 5.69 Å². The molecule has 0 spiro atoms. The molecule has 10 heteroatoms. The zero-order valence-corrected chi connectivity index (χ0v) is 26.6. The number of benzene rings is 3. The van der Waals surface area contributed by atoms with Gasteiger partial charge in [0.2, 0.25) is 5.91 Å². The van der Waals surface area contributed by atoms with Gasteiger partial charge < -0.3 is 19.7 Å². The van der Waals surface area contributed by atoms with Gasteiger partial charge in [-0.25, -0.2) is 4.79 Å². The maximum absolute atomic E-state index is 13.7. The number of aromatic nitrogens is 2. The van der Waals surface area contributed by atoms with E-state index in [0.29, 0.717) is 48.2 Å². The third-order valence-electron chi connectivity index (χ3n) is 8.97. The van der Waals surface area contributed by atoms with E-state index in [-0.39, 0.29) is 29.6 Å². The molecule has 2 fully saturated rings. The summed E-state index contributed by atoms with van der Waals surface area (Å²) in [7, 11) is 0. The average molecular weight is 635 g/mol. The number of nitrogens with zero attached hydrogens (tertiary/aromatic N) is 4. The van der Waals surface area contributed by atoms with Gasteiger partial charge in [-0.1, -0.05) is 58.6 Å². The first kappa shape index (κ1) is 30.4. The second-order valence-corrected chi connectivity index (χ2v) is 12.9. The number of nitrogens with one attached hydrogen (secondary N) is 1. The molecular weight excluding hydrogens is 597 g/mol. The number of likely N-dealkylation sites (tertiary alicyclic amines) is 1. The first-order valence-corrected chi connectivity index (χ1v) is 16.0. The van der Waals surface area contributed by atoms with E-state index < -0.39 is 0 Å². The number of H-pyrrole nitrogens is 1. The number of piperidine rings is 1. The molecule has 2 aliphatic rings. The third-order valence-corrected chi connectivity index (χ3v) is 9.71. The van der Waals surface area contributed by atoms with Crippen molar-refractivity contribution in [2.45, 2.75) is 45.2 Å². The number of halogens is 2. The van der Waals surface area contributed by atoms with E-state index in [1.165, 1.54) is 0 Å². The van der Waals surface area contributed by atoms with Crippen LogP contribution in [0.3, 0.4) is 0 Å². The largest absolute Gasteiger partial charge is 0.334 e. The minimum Gasteiger partial charge on any atom is -0.334 e. The molecule has 2 saturated heterocycles. The molecule has 0 radical (unpaired) electrons. The summed E-state index contributed by atoms with van der Waals surface area (Å²) in [4.78, 5) is 49.0. The van der Waals surface area contributed by atoms with E-state index in [9.17, 15) is 14.4 Å². The van der Waals surface area contributed by atoms with Crippen LogP contribution in [0.5, 0.6) is 0 Å². The smallest absolute Gasteiger partial charge is 0.326 e. The van der Waals surface area contributed by atoms with Gasteiger partial charge in [-0.05, 0) is 68.7 Å². The van der Waals surface area contributed by atoms with Gasteiger partial charge in [-0.3, -0.25) is 14.2 Å². The molecule has 1 aromatic heterocycles. The maximum Gasteiger partial charge on any atom is 0.326 e. The molecule has 230 valence electrons. The van der Waals surface area contributed by atoms with Crippen LogP contribution >= 0.6 is 23.2 Å². The Labute approximate surface area is 267 Å². The topological polar surface area (TPSA) is 81.7 Å². The number of aryl methyl sites for hydroxylation is 2. The van der Waals surface area contributed by atoms with Gasteiger partial charge >= 0.3 is 5.69 Å². The molecule has 1 N–H and O–H groups in total. The lowest BCUT2D eigenvalue weighted by Gasteiger charge is -2.42. The van der Waals surface area contributed by atoms with Gasteiger partial charge in [0.25, 0.3) is 5.91 Å². The van der Waals surface area contributed by atoms with Crippen molar-refractivity contribution in [3.8, 4) is 0 Å². The molecular formula is C34H37Cl2N5O3. The highest BCUT2D eigenvalue weighted by molar-refractivity contribution is 6.42. The molecule has 2 aliphatic heterocycles. The first-order chi connectivity index (χ1) is 21.2. The minimum atomic E-state index is -0.333. The predicted octanol–water partition coefficient (Wildman–Crippen LogP) is 6.01. The summed E-state index contributed by atoms with van der Waals surface area (Å²) >= 11 is 12.6. The monoisotopic (exact) mass is 633 g/mol. The summed E-state index contributed by atoms with van der Waals surface area (Å²) < 4.78 is 1.89. The van der Waals surface area contributed by atoms with Crippen LogP contribution in [0.4, 0.5) is 0 Å². The van der Waals surface area contributed by atoms with Gasteiger partial charge in [0.15, 0.2) is 0 Å². The van der Waals surface area contributed by atoms with Crippen molar-refractivity contribution in [3.63, 3.8) is 0 Å². The number of amides is 2. The Bertz CT molecular complexity index is 1740. The fraction of sp³-hybridized carbons (Fsp3) is 0.382. The molecule has 4 aromatic rings. The Hall–Kier alpha value is -3.59. The Morgan fingerprint density at radius 2 is 1.61 bits per heavy atom. The summed E-state index contributed by atoms with van der Waals surface area (Å²) in [6.45, 7) is 7.53.